The van der Waals surface area contributed by atoms with Crippen molar-refractivity contribution < 1.29 is 19.0 Å². The van der Waals surface area contributed by atoms with Gasteiger partial charge in [-0.15, -0.1) is 0 Å². The van der Waals surface area contributed by atoms with E-state index in [0.717, 1.165) is 31.6 Å². The molecule has 1 heterocycles. The molecule has 1 aromatic rings. The molecule has 0 spiro atoms. The minimum atomic E-state index is -0.431. The zero-order chi connectivity index (χ0) is 16.5. The first-order valence-corrected chi connectivity index (χ1v) is 8.33. The minimum Gasteiger partial charge on any atom is -0.494 e. The quantitative estimate of drug-likeness (QED) is 0.656. The fraction of sp³-hybridized carbons (Fsp3) is 0.611. The Kier molecular flexibility index (Phi) is 7.36. The molecule has 0 bridgehead atoms. The summed E-state index contributed by atoms with van der Waals surface area (Å²) in [4.78, 5) is 13.9. The van der Waals surface area contributed by atoms with Crippen LogP contribution in [0.3, 0.4) is 0 Å². The Labute approximate surface area is 138 Å². The Balaban J connectivity index is 1.59. The SMILES string of the molecule is C[C@@H](OC[C@H]1CCCO1)C(=O)N(C)CCCOc1ccccc1. The van der Waals surface area contributed by atoms with Crippen LogP contribution in [-0.4, -0.2) is 56.4 Å². The predicted octanol–water partition coefficient (Wildman–Crippen LogP) is 2.50. The number of hydrogen-bond acceptors (Lipinski definition) is 4. The van der Waals surface area contributed by atoms with Crippen molar-refractivity contribution in [2.75, 3.05) is 33.4 Å². The fourth-order valence-corrected chi connectivity index (χ4v) is 2.53. The van der Waals surface area contributed by atoms with Crippen LogP contribution in [0.4, 0.5) is 0 Å². The first kappa shape index (κ1) is 17.8. The highest BCUT2D eigenvalue weighted by Crippen LogP contribution is 2.13. The molecule has 1 fully saturated rings. The van der Waals surface area contributed by atoms with E-state index in [1.165, 1.54) is 0 Å². The van der Waals surface area contributed by atoms with Gasteiger partial charge in [-0.2, -0.15) is 0 Å². The highest BCUT2D eigenvalue weighted by Gasteiger charge is 2.21. The van der Waals surface area contributed by atoms with Crippen molar-refractivity contribution in [3.8, 4) is 5.75 Å². The summed E-state index contributed by atoms with van der Waals surface area (Å²) in [6, 6.07) is 9.69. The zero-order valence-electron chi connectivity index (χ0n) is 14.1. The van der Waals surface area contributed by atoms with Gasteiger partial charge in [0.05, 0.1) is 19.3 Å². The fourth-order valence-electron chi connectivity index (χ4n) is 2.53. The topological polar surface area (TPSA) is 48.0 Å². The summed E-state index contributed by atoms with van der Waals surface area (Å²) in [6.07, 6.45) is 2.61. The first-order chi connectivity index (χ1) is 11.2. The van der Waals surface area contributed by atoms with Gasteiger partial charge in [-0.1, -0.05) is 18.2 Å². The Morgan fingerprint density at radius 2 is 2.17 bits per heavy atom. The molecule has 1 aromatic carbocycles. The monoisotopic (exact) mass is 321 g/mol. The summed E-state index contributed by atoms with van der Waals surface area (Å²) in [7, 11) is 1.80. The van der Waals surface area contributed by atoms with Crippen LogP contribution in [0.2, 0.25) is 0 Å². The number of amides is 1. The molecule has 0 radical (unpaired) electrons. The molecular weight excluding hydrogens is 294 g/mol. The third kappa shape index (κ3) is 6.20. The third-order valence-electron chi connectivity index (χ3n) is 3.93. The van der Waals surface area contributed by atoms with Crippen LogP contribution >= 0.6 is 0 Å². The Hall–Kier alpha value is -1.59. The lowest BCUT2D eigenvalue weighted by atomic mass is 10.2. The lowest BCUT2D eigenvalue weighted by molar-refractivity contribution is -0.143. The standard InChI is InChI=1S/C18H27NO4/c1-15(23-14-17-10-6-12-22-17)18(20)19(2)11-7-13-21-16-8-4-3-5-9-16/h3-5,8-9,15,17H,6-7,10-14H2,1-2H3/t15-,17-/m1/s1. The van der Waals surface area contributed by atoms with E-state index in [2.05, 4.69) is 0 Å². The van der Waals surface area contributed by atoms with Crippen molar-refractivity contribution in [3.63, 3.8) is 0 Å². The maximum absolute atomic E-state index is 12.2. The van der Waals surface area contributed by atoms with Crippen molar-refractivity contribution >= 4 is 5.91 Å². The van der Waals surface area contributed by atoms with Crippen LogP contribution in [0.1, 0.15) is 26.2 Å². The van der Waals surface area contributed by atoms with Gasteiger partial charge < -0.3 is 19.1 Å². The van der Waals surface area contributed by atoms with E-state index in [1.54, 1.807) is 18.9 Å². The van der Waals surface area contributed by atoms with Gasteiger partial charge in [0.1, 0.15) is 11.9 Å². The van der Waals surface area contributed by atoms with E-state index >= 15 is 0 Å². The molecule has 0 N–H and O–H groups in total. The van der Waals surface area contributed by atoms with Crippen LogP contribution in [0.25, 0.3) is 0 Å². The molecule has 23 heavy (non-hydrogen) atoms. The summed E-state index contributed by atoms with van der Waals surface area (Å²) >= 11 is 0. The molecule has 2 atom stereocenters. The number of rotatable bonds is 9. The number of ether oxygens (including phenoxy) is 3. The van der Waals surface area contributed by atoms with Crippen LogP contribution < -0.4 is 4.74 Å². The summed E-state index contributed by atoms with van der Waals surface area (Å²) in [5.74, 6) is 0.859. The Morgan fingerprint density at radius 1 is 1.39 bits per heavy atom. The zero-order valence-corrected chi connectivity index (χ0v) is 14.1. The highest BCUT2D eigenvalue weighted by atomic mass is 16.5. The third-order valence-corrected chi connectivity index (χ3v) is 3.93. The number of benzene rings is 1. The van der Waals surface area contributed by atoms with Crippen LogP contribution in [0, 0.1) is 0 Å². The Bertz CT molecular complexity index is 459. The maximum atomic E-state index is 12.2. The van der Waals surface area contributed by atoms with E-state index in [-0.39, 0.29) is 12.0 Å². The molecule has 5 heteroatoms. The van der Waals surface area contributed by atoms with E-state index in [0.29, 0.717) is 19.8 Å². The molecule has 5 nitrogen and oxygen atoms in total. The number of carbonyl (C=O) groups excluding carboxylic acids is 1. The second kappa shape index (κ2) is 9.53. The van der Waals surface area contributed by atoms with Gasteiger partial charge in [-0.3, -0.25) is 4.79 Å². The van der Waals surface area contributed by atoms with Crippen LogP contribution in [-0.2, 0) is 14.3 Å². The van der Waals surface area contributed by atoms with Gasteiger partial charge in [0, 0.05) is 20.2 Å². The number of para-hydroxylation sites is 1. The van der Waals surface area contributed by atoms with E-state index in [1.807, 2.05) is 30.3 Å². The summed E-state index contributed by atoms with van der Waals surface area (Å²) in [5.41, 5.74) is 0. The number of nitrogens with zero attached hydrogens (tertiary/aromatic N) is 1. The maximum Gasteiger partial charge on any atom is 0.251 e. The van der Waals surface area contributed by atoms with Gasteiger partial charge in [0.2, 0.25) is 0 Å². The number of likely N-dealkylation sites (N-methyl/N-ethyl adjacent to an activating group) is 1. The molecule has 128 valence electrons. The number of hydrogen-bond donors (Lipinski definition) is 0. The molecule has 0 aliphatic carbocycles. The molecule has 2 rings (SSSR count). The molecule has 0 saturated carbocycles. The molecule has 1 aliphatic heterocycles. The average molecular weight is 321 g/mol. The van der Waals surface area contributed by atoms with Crippen molar-refractivity contribution in [3.05, 3.63) is 30.3 Å². The smallest absolute Gasteiger partial charge is 0.251 e. The molecule has 1 saturated heterocycles. The summed E-state index contributed by atoms with van der Waals surface area (Å²) in [5, 5.41) is 0. The van der Waals surface area contributed by atoms with Crippen molar-refractivity contribution in [2.45, 2.75) is 38.4 Å². The molecule has 0 aromatic heterocycles. The van der Waals surface area contributed by atoms with Gasteiger partial charge in [0.15, 0.2) is 0 Å². The van der Waals surface area contributed by atoms with Crippen LogP contribution in [0.15, 0.2) is 30.3 Å². The van der Waals surface area contributed by atoms with E-state index < -0.39 is 6.10 Å². The van der Waals surface area contributed by atoms with Gasteiger partial charge in [-0.25, -0.2) is 0 Å². The molecule has 1 aliphatic rings. The summed E-state index contributed by atoms with van der Waals surface area (Å²) < 4.78 is 16.8. The largest absolute Gasteiger partial charge is 0.494 e. The van der Waals surface area contributed by atoms with Gasteiger partial charge in [-0.05, 0) is 38.3 Å². The van der Waals surface area contributed by atoms with Crippen LogP contribution in [0.5, 0.6) is 5.75 Å². The second-order valence-electron chi connectivity index (χ2n) is 5.89. The minimum absolute atomic E-state index is 0.00251. The summed E-state index contributed by atoms with van der Waals surface area (Å²) in [6.45, 7) is 4.34. The second-order valence-corrected chi connectivity index (χ2v) is 5.89. The normalized spacial score (nSPS) is 18.6. The molecule has 1 amide bonds. The van der Waals surface area contributed by atoms with E-state index in [9.17, 15) is 4.79 Å². The van der Waals surface area contributed by atoms with Crippen molar-refractivity contribution in [1.82, 2.24) is 4.90 Å². The molecular formula is C18H27NO4. The molecule has 0 unspecified atom stereocenters. The van der Waals surface area contributed by atoms with E-state index in [4.69, 9.17) is 14.2 Å². The predicted molar refractivity (Wildman–Crippen MR) is 88.6 cm³/mol. The Morgan fingerprint density at radius 3 is 2.87 bits per heavy atom. The highest BCUT2D eigenvalue weighted by molar-refractivity contribution is 5.80. The first-order valence-electron chi connectivity index (χ1n) is 8.33. The average Bonchev–Trinajstić information content (AvgIpc) is 3.10. The lowest BCUT2D eigenvalue weighted by Crippen LogP contribution is -2.38. The lowest BCUT2D eigenvalue weighted by Gasteiger charge is -2.22. The van der Waals surface area contributed by atoms with Crippen molar-refractivity contribution in [2.24, 2.45) is 0 Å². The van der Waals surface area contributed by atoms with Crippen molar-refractivity contribution in [1.29, 1.82) is 0 Å². The number of carbonyl (C=O) groups is 1. The van der Waals surface area contributed by atoms with Gasteiger partial charge >= 0.3 is 0 Å². The van der Waals surface area contributed by atoms with Gasteiger partial charge in [0.25, 0.3) is 5.91 Å².